The molecular weight excluding hydrogens is 467 g/mol. The second kappa shape index (κ2) is 9.90. The highest BCUT2D eigenvalue weighted by Gasteiger charge is 2.50. The maximum atomic E-state index is 14.0. The number of quaternary nitrogens is 1. The molecule has 7 heteroatoms. The van der Waals surface area contributed by atoms with Crippen LogP contribution in [-0.2, 0) is 9.53 Å². The van der Waals surface area contributed by atoms with E-state index in [4.69, 9.17) is 4.74 Å². The molecule has 3 fully saturated rings. The molecule has 2 bridgehead atoms. The van der Waals surface area contributed by atoms with Gasteiger partial charge in [0.05, 0.1) is 19.6 Å². The zero-order valence-corrected chi connectivity index (χ0v) is 19.7. The summed E-state index contributed by atoms with van der Waals surface area (Å²) in [6.45, 7) is 2.28. The molecule has 36 heavy (non-hydrogen) atoms. The smallest absolute Gasteiger partial charge is 0.315 e. The van der Waals surface area contributed by atoms with E-state index >= 15 is 0 Å². The second-order valence-electron chi connectivity index (χ2n) is 9.93. The molecule has 0 spiro atoms. The first-order valence-electron chi connectivity index (χ1n) is 12.2. The van der Waals surface area contributed by atoms with Crippen molar-refractivity contribution in [1.29, 1.82) is 0 Å². The summed E-state index contributed by atoms with van der Waals surface area (Å²) in [6.07, 6.45) is 0.635. The van der Waals surface area contributed by atoms with Gasteiger partial charge < -0.3 is 9.22 Å². The Bertz CT molecular complexity index is 1220. The molecular formula is C29H27F3NO3+. The standard InChI is InChI=1S/C29H27F3NO3/c30-23-9-7-20(8-10-23)27(34)18-33-13-11-19(12-14-33)26(17-33)29(35)36-28(21-3-1-5-24(31)15-21)22-4-2-6-25(32)16-22/h1-10,15-16,19,26,28H,11-14,17-18H2/q+1. The number of esters is 1. The minimum atomic E-state index is -0.950. The molecule has 0 N–H and O–H groups in total. The molecule has 3 aliphatic rings. The Morgan fingerprint density at radius 3 is 1.97 bits per heavy atom. The van der Waals surface area contributed by atoms with Crippen LogP contribution in [0, 0.1) is 29.3 Å². The predicted octanol–water partition coefficient (Wildman–Crippen LogP) is 5.48. The molecule has 4 nitrogen and oxygen atoms in total. The van der Waals surface area contributed by atoms with Crippen LogP contribution < -0.4 is 0 Å². The summed E-state index contributed by atoms with van der Waals surface area (Å²) in [4.78, 5) is 26.5. The van der Waals surface area contributed by atoms with Crippen LogP contribution in [0.5, 0.6) is 0 Å². The Labute approximate surface area is 207 Å². The Hall–Kier alpha value is -3.45. The Balaban J connectivity index is 1.36. The third kappa shape index (κ3) is 5.07. The Kier molecular flexibility index (Phi) is 6.67. The lowest BCUT2D eigenvalue weighted by Gasteiger charge is -2.51. The minimum Gasteiger partial charge on any atom is -0.452 e. The summed E-state index contributed by atoms with van der Waals surface area (Å²) >= 11 is 0. The van der Waals surface area contributed by atoms with Crippen molar-refractivity contribution in [3.63, 3.8) is 0 Å². The fraction of sp³-hybridized carbons (Fsp3) is 0.310. The number of ether oxygens (including phenoxy) is 1. The lowest BCUT2D eigenvalue weighted by molar-refractivity contribution is -0.938. The fourth-order valence-corrected chi connectivity index (χ4v) is 5.68. The van der Waals surface area contributed by atoms with Crippen LogP contribution in [0.2, 0.25) is 0 Å². The van der Waals surface area contributed by atoms with Gasteiger partial charge in [0.2, 0.25) is 5.78 Å². The number of carbonyl (C=O) groups excluding carboxylic acids is 2. The maximum Gasteiger partial charge on any atom is 0.315 e. The number of hydrogen-bond acceptors (Lipinski definition) is 3. The molecule has 1 atom stereocenters. The van der Waals surface area contributed by atoms with Gasteiger partial charge in [-0.25, -0.2) is 13.2 Å². The zero-order valence-electron chi connectivity index (χ0n) is 19.7. The fourth-order valence-electron chi connectivity index (χ4n) is 5.68. The van der Waals surface area contributed by atoms with Crippen LogP contribution >= 0.6 is 0 Å². The number of Topliss-reactive ketones (excluding diaryl/α,β-unsaturated/α-hetero) is 1. The van der Waals surface area contributed by atoms with E-state index < -0.39 is 35.4 Å². The summed E-state index contributed by atoms with van der Waals surface area (Å²) in [5, 5.41) is 0. The van der Waals surface area contributed by atoms with Gasteiger partial charge in [0, 0.05) is 18.4 Å². The SMILES string of the molecule is O=C(C[N+]12CCC(CC1)C(C(=O)OC(c1cccc(F)c1)c1cccc(F)c1)C2)c1ccc(F)cc1. The molecule has 0 aliphatic carbocycles. The van der Waals surface area contributed by atoms with Crippen LogP contribution in [-0.4, -0.2) is 42.4 Å². The Morgan fingerprint density at radius 2 is 1.42 bits per heavy atom. The summed E-state index contributed by atoms with van der Waals surface area (Å²) in [7, 11) is 0. The largest absolute Gasteiger partial charge is 0.452 e. The number of carbonyl (C=O) groups is 2. The van der Waals surface area contributed by atoms with E-state index in [9.17, 15) is 22.8 Å². The number of hydrogen-bond donors (Lipinski definition) is 0. The molecule has 1 unspecified atom stereocenters. The van der Waals surface area contributed by atoms with E-state index in [0.29, 0.717) is 27.7 Å². The van der Waals surface area contributed by atoms with Gasteiger partial charge in [0.25, 0.3) is 0 Å². The monoisotopic (exact) mass is 494 g/mol. The van der Waals surface area contributed by atoms with Gasteiger partial charge in [0.1, 0.15) is 29.9 Å². The van der Waals surface area contributed by atoms with Crippen molar-refractivity contribution in [2.45, 2.75) is 18.9 Å². The first-order chi connectivity index (χ1) is 17.3. The van der Waals surface area contributed by atoms with Crippen molar-refractivity contribution >= 4 is 11.8 Å². The summed E-state index contributed by atoms with van der Waals surface area (Å²) < 4.78 is 47.7. The highest BCUT2D eigenvalue weighted by molar-refractivity contribution is 5.97. The predicted molar refractivity (Wildman–Crippen MR) is 127 cm³/mol. The van der Waals surface area contributed by atoms with Crippen molar-refractivity contribution in [2.75, 3.05) is 26.2 Å². The van der Waals surface area contributed by atoms with Crippen molar-refractivity contribution < 1.29 is 32.0 Å². The Morgan fingerprint density at radius 1 is 0.833 bits per heavy atom. The third-order valence-corrected chi connectivity index (χ3v) is 7.59. The first kappa shape index (κ1) is 24.3. The highest BCUT2D eigenvalue weighted by Crippen LogP contribution is 2.40. The lowest BCUT2D eigenvalue weighted by Crippen LogP contribution is -2.64. The van der Waals surface area contributed by atoms with Gasteiger partial charge in [-0.3, -0.25) is 9.59 Å². The number of halogens is 3. The van der Waals surface area contributed by atoms with Crippen molar-refractivity contribution in [3.8, 4) is 0 Å². The van der Waals surface area contributed by atoms with Gasteiger partial charge in [0.15, 0.2) is 6.10 Å². The van der Waals surface area contributed by atoms with Gasteiger partial charge in [-0.15, -0.1) is 0 Å². The normalized spacial score (nSPS) is 23.0. The number of fused-ring (bicyclic) bond motifs is 3. The minimum absolute atomic E-state index is 0.0835. The van der Waals surface area contributed by atoms with Crippen molar-refractivity contribution in [2.24, 2.45) is 11.8 Å². The summed E-state index contributed by atoms with van der Waals surface area (Å²) in [5.74, 6) is -2.13. The molecule has 3 heterocycles. The average Bonchev–Trinajstić information content (AvgIpc) is 2.88. The molecule has 3 saturated heterocycles. The topological polar surface area (TPSA) is 43.4 Å². The maximum absolute atomic E-state index is 14.0. The van der Waals surface area contributed by atoms with Gasteiger partial charge in [-0.05, 0) is 65.6 Å². The van der Waals surface area contributed by atoms with Crippen LogP contribution in [0.4, 0.5) is 13.2 Å². The van der Waals surface area contributed by atoms with Gasteiger partial charge in [-0.2, -0.15) is 0 Å². The number of nitrogens with zero attached hydrogens (tertiary/aromatic N) is 1. The van der Waals surface area contributed by atoms with E-state index in [1.54, 1.807) is 12.1 Å². The third-order valence-electron chi connectivity index (χ3n) is 7.59. The quantitative estimate of drug-likeness (QED) is 0.248. The van der Waals surface area contributed by atoms with E-state index in [2.05, 4.69) is 0 Å². The first-order valence-corrected chi connectivity index (χ1v) is 12.2. The highest BCUT2D eigenvalue weighted by atomic mass is 19.1. The van der Waals surface area contributed by atoms with Crippen LogP contribution in [0.25, 0.3) is 0 Å². The molecule has 3 aromatic carbocycles. The second-order valence-corrected chi connectivity index (χ2v) is 9.93. The van der Waals surface area contributed by atoms with Crippen LogP contribution in [0.1, 0.15) is 40.4 Å². The molecule has 0 aromatic heterocycles. The summed E-state index contributed by atoms with van der Waals surface area (Å²) in [5.41, 5.74) is 1.30. The molecule has 6 rings (SSSR count). The molecule has 0 amide bonds. The van der Waals surface area contributed by atoms with Crippen molar-refractivity contribution in [1.82, 2.24) is 0 Å². The van der Waals surface area contributed by atoms with Crippen molar-refractivity contribution in [3.05, 3.63) is 107 Å². The zero-order chi connectivity index (χ0) is 25.3. The lowest BCUT2D eigenvalue weighted by atomic mass is 9.76. The summed E-state index contributed by atoms with van der Waals surface area (Å²) in [6, 6.07) is 17.0. The number of benzene rings is 3. The molecule has 186 valence electrons. The van der Waals surface area contributed by atoms with Gasteiger partial charge in [-0.1, -0.05) is 24.3 Å². The average molecular weight is 495 g/mol. The molecule has 0 saturated carbocycles. The van der Waals surface area contributed by atoms with E-state index in [0.717, 1.165) is 25.9 Å². The van der Waals surface area contributed by atoms with Crippen LogP contribution in [0.15, 0.2) is 72.8 Å². The van der Waals surface area contributed by atoms with E-state index in [-0.39, 0.29) is 18.2 Å². The molecule has 3 aromatic rings. The van der Waals surface area contributed by atoms with Gasteiger partial charge >= 0.3 is 5.97 Å². The number of ketones is 1. The van der Waals surface area contributed by atoms with Crippen LogP contribution in [0.3, 0.4) is 0 Å². The van der Waals surface area contributed by atoms with E-state index in [1.807, 2.05) is 0 Å². The number of rotatable bonds is 7. The molecule has 3 aliphatic heterocycles. The number of piperidine rings is 3. The van der Waals surface area contributed by atoms with E-state index in [1.165, 1.54) is 60.7 Å². The molecule has 0 radical (unpaired) electrons.